The van der Waals surface area contributed by atoms with Crippen molar-refractivity contribution in [3.8, 4) is 0 Å². The molecule has 3 N–H and O–H groups in total. The van der Waals surface area contributed by atoms with Crippen LogP contribution in [0.3, 0.4) is 0 Å². The summed E-state index contributed by atoms with van der Waals surface area (Å²) >= 11 is 0. The summed E-state index contributed by atoms with van der Waals surface area (Å²) in [5.41, 5.74) is 5.47. The van der Waals surface area contributed by atoms with Crippen LogP contribution in [0, 0.1) is 11.8 Å². The SMILES string of the molecule is CC1CN(C)CCC1NC(=O)C(C)(N)C1CC1. The fraction of sp³-hybridized carbons (Fsp3) is 0.923. The first-order chi connectivity index (χ1) is 7.91. The Hall–Kier alpha value is -0.610. The van der Waals surface area contributed by atoms with E-state index in [0.29, 0.717) is 17.9 Å². The molecule has 4 nitrogen and oxygen atoms in total. The van der Waals surface area contributed by atoms with E-state index in [1.807, 2.05) is 6.92 Å². The predicted octanol–water partition coefficient (Wildman–Crippen LogP) is 0.570. The van der Waals surface area contributed by atoms with Crippen molar-refractivity contribution in [3.05, 3.63) is 0 Å². The van der Waals surface area contributed by atoms with Crippen LogP contribution in [0.5, 0.6) is 0 Å². The monoisotopic (exact) mass is 239 g/mol. The number of amides is 1. The highest BCUT2D eigenvalue weighted by molar-refractivity contribution is 5.86. The number of piperidine rings is 1. The largest absolute Gasteiger partial charge is 0.351 e. The first kappa shape index (κ1) is 12.8. The lowest BCUT2D eigenvalue weighted by molar-refractivity contribution is -0.128. The van der Waals surface area contributed by atoms with Crippen molar-refractivity contribution in [1.82, 2.24) is 10.2 Å². The fourth-order valence-electron chi connectivity index (χ4n) is 2.76. The van der Waals surface area contributed by atoms with E-state index in [9.17, 15) is 4.79 Å². The molecule has 0 aromatic rings. The topological polar surface area (TPSA) is 58.4 Å². The van der Waals surface area contributed by atoms with Gasteiger partial charge in [0.2, 0.25) is 5.91 Å². The lowest BCUT2D eigenvalue weighted by Gasteiger charge is -2.37. The van der Waals surface area contributed by atoms with E-state index < -0.39 is 5.54 Å². The van der Waals surface area contributed by atoms with Crippen LogP contribution in [-0.2, 0) is 4.79 Å². The summed E-state index contributed by atoms with van der Waals surface area (Å²) in [4.78, 5) is 14.5. The van der Waals surface area contributed by atoms with Crippen LogP contribution < -0.4 is 11.1 Å². The number of nitrogens with zero attached hydrogens (tertiary/aromatic N) is 1. The second-order valence-electron chi connectivity index (χ2n) is 6.17. The van der Waals surface area contributed by atoms with E-state index in [1.165, 1.54) is 0 Å². The summed E-state index contributed by atoms with van der Waals surface area (Å²) < 4.78 is 0. The summed E-state index contributed by atoms with van der Waals surface area (Å²) in [5.74, 6) is 0.943. The molecule has 2 aliphatic rings. The molecule has 2 rings (SSSR count). The van der Waals surface area contributed by atoms with Crippen LogP contribution in [0.15, 0.2) is 0 Å². The Balaban J connectivity index is 1.90. The molecule has 1 saturated heterocycles. The summed E-state index contributed by atoms with van der Waals surface area (Å²) in [6.45, 7) is 6.18. The molecule has 0 aromatic heterocycles. The zero-order chi connectivity index (χ0) is 12.6. The number of nitrogens with one attached hydrogen (secondary N) is 1. The molecule has 17 heavy (non-hydrogen) atoms. The van der Waals surface area contributed by atoms with Crippen LogP contribution in [0.4, 0.5) is 0 Å². The number of carbonyl (C=O) groups excluding carboxylic acids is 1. The third-order valence-corrected chi connectivity index (χ3v) is 4.34. The molecule has 1 aliphatic heterocycles. The highest BCUT2D eigenvalue weighted by Gasteiger charge is 2.44. The van der Waals surface area contributed by atoms with Crippen molar-refractivity contribution < 1.29 is 4.79 Å². The van der Waals surface area contributed by atoms with Gasteiger partial charge in [0.25, 0.3) is 0 Å². The van der Waals surface area contributed by atoms with Crippen molar-refractivity contribution in [3.63, 3.8) is 0 Å². The Morgan fingerprint density at radius 2 is 2.06 bits per heavy atom. The standard InChI is InChI=1S/C13H25N3O/c1-9-8-16(3)7-6-11(9)15-12(17)13(2,14)10-4-5-10/h9-11H,4-8,14H2,1-3H3,(H,15,17). The fourth-order valence-corrected chi connectivity index (χ4v) is 2.76. The Morgan fingerprint density at radius 1 is 1.41 bits per heavy atom. The van der Waals surface area contributed by atoms with Crippen molar-refractivity contribution in [2.75, 3.05) is 20.1 Å². The Morgan fingerprint density at radius 3 is 2.59 bits per heavy atom. The number of rotatable bonds is 3. The normalized spacial score (nSPS) is 34.1. The lowest BCUT2D eigenvalue weighted by Crippen LogP contribution is -2.58. The van der Waals surface area contributed by atoms with Crippen LogP contribution in [0.25, 0.3) is 0 Å². The van der Waals surface area contributed by atoms with Gasteiger partial charge in [-0.05, 0) is 51.6 Å². The van der Waals surface area contributed by atoms with Gasteiger partial charge in [-0.2, -0.15) is 0 Å². The van der Waals surface area contributed by atoms with Gasteiger partial charge in [-0.25, -0.2) is 0 Å². The Bertz CT molecular complexity index is 299. The number of carbonyl (C=O) groups is 1. The van der Waals surface area contributed by atoms with Crippen molar-refractivity contribution in [2.24, 2.45) is 17.6 Å². The second kappa shape index (κ2) is 4.58. The third kappa shape index (κ3) is 2.80. The molecule has 2 fully saturated rings. The lowest BCUT2D eigenvalue weighted by atomic mass is 9.91. The minimum absolute atomic E-state index is 0.0430. The molecular formula is C13H25N3O. The molecule has 0 spiro atoms. The molecule has 1 aliphatic carbocycles. The Labute approximate surface area is 104 Å². The zero-order valence-electron chi connectivity index (χ0n) is 11.2. The van der Waals surface area contributed by atoms with Gasteiger partial charge in [-0.1, -0.05) is 6.92 Å². The van der Waals surface area contributed by atoms with Gasteiger partial charge < -0.3 is 16.0 Å². The maximum Gasteiger partial charge on any atom is 0.240 e. The minimum atomic E-state index is -0.664. The van der Waals surface area contributed by atoms with Gasteiger partial charge in [0, 0.05) is 12.6 Å². The van der Waals surface area contributed by atoms with E-state index >= 15 is 0 Å². The van der Waals surface area contributed by atoms with E-state index in [-0.39, 0.29) is 5.91 Å². The van der Waals surface area contributed by atoms with Crippen molar-refractivity contribution in [2.45, 2.75) is 44.7 Å². The van der Waals surface area contributed by atoms with Crippen molar-refractivity contribution >= 4 is 5.91 Å². The van der Waals surface area contributed by atoms with Gasteiger partial charge >= 0.3 is 0 Å². The zero-order valence-corrected chi connectivity index (χ0v) is 11.2. The van der Waals surface area contributed by atoms with E-state index in [4.69, 9.17) is 5.73 Å². The first-order valence-electron chi connectivity index (χ1n) is 6.69. The highest BCUT2D eigenvalue weighted by atomic mass is 16.2. The molecule has 1 heterocycles. The number of nitrogens with two attached hydrogens (primary N) is 1. The molecule has 4 heteroatoms. The highest BCUT2D eigenvalue weighted by Crippen LogP contribution is 2.38. The van der Waals surface area contributed by atoms with Gasteiger partial charge in [-0.3, -0.25) is 4.79 Å². The second-order valence-corrected chi connectivity index (χ2v) is 6.17. The van der Waals surface area contributed by atoms with Gasteiger partial charge in [0.1, 0.15) is 0 Å². The van der Waals surface area contributed by atoms with Gasteiger partial charge in [-0.15, -0.1) is 0 Å². The first-order valence-corrected chi connectivity index (χ1v) is 6.69. The average molecular weight is 239 g/mol. The minimum Gasteiger partial charge on any atom is -0.351 e. The predicted molar refractivity (Wildman–Crippen MR) is 68.5 cm³/mol. The maximum atomic E-state index is 12.2. The molecule has 0 bridgehead atoms. The molecule has 3 unspecified atom stereocenters. The van der Waals surface area contributed by atoms with Crippen LogP contribution in [0.2, 0.25) is 0 Å². The van der Waals surface area contributed by atoms with Gasteiger partial charge in [0.15, 0.2) is 0 Å². The van der Waals surface area contributed by atoms with Crippen LogP contribution >= 0.6 is 0 Å². The van der Waals surface area contributed by atoms with Crippen molar-refractivity contribution in [1.29, 1.82) is 0 Å². The molecule has 3 atom stereocenters. The van der Waals surface area contributed by atoms with E-state index in [0.717, 1.165) is 32.4 Å². The number of hydrogen-bond acceptors (Lipinski definition) is 3. The molecule has 98 valence electrons. The quantitative estimate of drug-likeness (QED) is 0.757. The maximum absolute atomic E-state index is 12.2. The summed E-state index contributed by atoms with van der Waals surface area (Å²) in [7, 11) is 2.13. The number of likely N-dealkylation sites (tertiary alicyclic amines) is 1. The van der Waals surface area contributed by atoms with E-state index in [1.54, 1.807) is 0 Å². The van der Waals surface area contributed by atoms with Gasteiger partial charge in [0.05, 0.1) is 5.54 Å². The number of hydrogen-bond donors (Lipinski definition) is 2. The average Bonchev–Trinajstić information content (AvgIpc) is 3.05. The molecular weight excluding hydrogens is 214 g/mol. The summed E-state index contributed by atoms with van der Waals surface area (Å²) in [6, 6.07) is 0.292. The Kier molecular flexibility index (Phi) is 3.46. The molecule has 0 aromatic carbocycles. The smallest absolute Gasteiger partial charge is 0.240 e. The molecule has 1 amide bonds. The third-order valence-electron chi connectivity index (χ3n) is 4.34. The molecule has 1 saturated carbocycles. The van der Waals surface area contributed by atoms with Crippen LogP contribution in [0.1, 0.15) is 33.1 Å². The summed E-state index contributed by atoms with van der Waals surface area (Å²) in [5, 5.41) is 3.16. The van der Waals surface area contributed by atoms with Crippen LogP contribution in [-0.4, -0.2) is 42.5 Å². The molecule has 0 radical (unpaired) electrons. The van der Waals surface area contributed by atoms with E-state index in [2.05, 4.69) is 24.2 Å². The summed E-state index contributed by atoms with van der Waals surface area (Å²) in [6.07, 6.45) is 3.23.